The minimum atomic E-state index is -0.925. The molecule has 6 nitrogen and oxygen atoms in total. The van der Waals surface area contributed by atoms with Gasteiger partial charge in [0.2, 0.25) is 11.8 Å². The fourth-order valence-corrected chi connectivity index (χ4v) is 3.47. The van der Waals surface area contributed by atoms with Crippen LogP contribution in [0.4, 0.5) is 0 Å². The molecule has 2 atom stereocenters. The molecule has 0 bridgehead atoms. The van der Waals surface area contributed by atoms with Crippen LogP contribution in [0.3, 0.4) is 0 Å². The van der Waals surface area contributed by atoms with Crippen molar-refractivity contribution >= 4 is 17.8 Å². The Balaban J connectivity index is 1.73. The molecule has 2 aliphatic rings. The average Bonchev–Trinajstić information content (AvgIpc) is 3.11. The van der Waals surface area contributed by atoms with E-state index in [2.05, 4.69) is 5.32 Å². The molecule has 2 rings (SSSR count). The van der Waals surface area contributed by atoms with E-state index >= 15 is 0 Å². The summed E-state index contributed by atoms with van der Waals surface area (Å²) in [6.07, 6.45) is 4.74. The second kappa shape index (κ2) is 6.67. The molecule has 6 heteroatoms. The zero-order chi connectivity index (χ0) is 16.3. The Morgan fingerprint density at radius 1 is 1.09 bits per heavy atom. The number of carboxylic acids is 1. The highest BCUT2D eigenvalue weighted by Crippen LogP contribution is 2.58. The first-order chi connectivity index (χ1) is 10.4. The van der Waals surface area contributed by atoms with Crippen LogP contribution in [0.25, 0.3) is 0 Å². The van der Waals surface area contributed by atoms with Crippen LogP contribution < -0.4 is 5.32 Å². The molecule has 1 heterocycles. The first kappa shape index (κ1) is 16.8. The summed E-state index contributed by atoms with van der Waals surface area (Å²) in [5.41, 5.74) is -0.495. The van der Waals surface area contributed by atoms with Gasteiger partial charge in [-0.05, 0) is 18.3 Å². The van der Waals surface area contributed by atoms with Gasteiger partial charge in [0.05, 0.1) is 11.8 Å². The van der Waals surface area contributed by atoms with E-state index < -0.39 is 23.2 Å². The van der Waals surface area contributed by atoms with Gasteiger partial charge < -0.3 is 15.3 Å². The van der Waals surface area contributed by atoms with Crippen molar-refractivity contribution in [2.24, 2.45) is 17.3 Å². The summed E-state index contributed by atoms with van der Waals surface area (Å²) in [6, 6.07) is 0. The highest BCUT2D eigenvalue weighted by atomic mass is 16.4. The molecule has 1 aliphatic carbocycles. The first-order valence-electron chi connectivity index (χ1n) is 8.14. The van der Waals surface area contributed by atoms with Crippen molar-refractivity contribution in [2.75, 3.05) is 19.6 Å². The monoisotopic (exact) mass is 310 g/mol. The minimum absolute atomic E-state index is 0.0760. The number of aliphatic carboxylic acids is 1. The lowest BCUT2D eigenvalue weighted by Gasteiger charge is -2.20. The molecule has 0 unspecified atom stereocenters. The van der Waals surface area contributed by atoms with Gasteiger partial charge in [0.1, 0.15) is 0 Å². The second-order valence-electron chi connectivity index (χ2n) is 6.95. The summed E-state index contributed by atoms with van der Waals surface area (Å²) < 4.78 is 0. The topological polar surface area (TPSA) is 86.7 Å². The molecule has 0 aromatic heterocycles. The highest BCUT2D eigenvalue weighted by molar-refractivity contribution is 5.91. The molecule has 2 N–H and O–H groups in total. The van der Waals surface area contributed by atoms with E-state index in [1.807, 2.05) is 4.90 Å². The fraction of sp³-hybridized carbons (Fsp3) is 0.812. The fourth-order valence-electron chi connectivity index (χ4n) is 3.47. The van der Waals surface area contributed by atoms with Gasteiger partial charge in [0, 0.05) is 26.1 Å². The Morgan fingerprint density at radius 2 is 1.68 bits per heavy atom. The quantitative estimate of drug-likeness (QED) is 0.800. The maximum Gasteiger partial charge on any atom is 0.307 e. The van der Waals surface area contributed by atoms with E-state index in [1.165, 1.54) is 12.8 Å². The summed E-state index contributed by atoms with van der Waals surface area (Å²) in [5, 5.41) is 11.8. The third-order valence-electron chi connectivity index (χ3n) is 4.97. The lowest BCUT2D eigenvalue weighted by molar-refractivity contribution is -0.140. The van der Waals surface area contributed by atoms with Gasteiger partial charge in [-0.3, -0.25) is 14.4 Å². The van der Waals surface area contributed by atoms with Crippen LogP contribution in [-0.4, -0.2) is 47.4 Å². The van der Waals surface area contributed by atoms with Crippen LogP contribution in [0.5, 0.6) is 0 Å². The average molecular weight is 310 g/mol. The second-order valence-corrected chi connectivity index (χ2v) is 6.95. The van der Waals surface area contributed by atoms with E-state index in [9.17, 15) is 14.4 Å². The zero-order valence-electron chi connectivity index (χ0n) is 13.4. The standard InChI is InChI=1S/C16H26N2O4/c1-16(2)12(13(16)15(21)22)14(20)17-8-7-11(19)18-9-5-3-4-6-10-18/h12-13H,3-10H2,1-2H3,(H,17,20)(H,21,22)/t12-,13+/m1/s1. The molecule has 22 heavy (non-hydrogen) atoms. The summed E-state index contributed by atoms with van der Waals surface area (Å²) in [6.45, 7) is 5.48. The summed E-state index contributed by atoms with van der Waals surface area (Å²) >= 11 is 0. The third kappa shape index (κ3) is 3.59. The Morgan fingerprint density at radius 3 is 2.18 bits per heavy atom. The predicted molar refractivity (Wildman–Crippen MR) is 81.1 cm³/mol. The molecule has 2 fully saturated rings. The molecular formula is C16H26N2O4. The Labute approximate surface area is 131 Å². The molecule has 2 amide bonds. The molecule has 1 aliphatic heterocycles. The van der Waals surface area contributed by atoms with Gasteiger partial charge in [-0.1, -0.05) is 26.7 Å². The van der Waals surface area contributed by atoms with Crippen LogP contribution in [-0.2, 0) is 14.4 Å². The zero-order valence-corrected chi connectivity index (χ0v) is 13.4. The van der Waals surface area contributed by atoms with Crippen LogP contribution >= 0.6 is 0 Å². The van der Waals surface area contributed by atoms with E-state index in [1.54, 1.807) is 13.8 Å². The van der Waals surface area contributed by atoms with Gasteiger partial charge in [-0.25, -0.2) is 0 Å². The number of carbonyl (C=O) groups is 3. The number of carbonyl (C=O) groups excluding carboxylic acids is 2. The number of hydrogen-bond donors (Lipinski definition) is 2. The number of amides is 2. The van der Waals surface area contributed by atoms with E-state index in [-0.39, 0.29) is 24.8 Å². The number of nitrogens with zero attached hydrogens (tertiary/aromatic N) is 1. The molecular weight excluding hydrogens is 284 g/mol. The van der Waals surface area contributed by atoms with Gasteiger partial charge in [0.25, 0.3) is 0 Å². The molecule has 0 aromatic rings. The number of hydrogen-bond acceptors (Lipinski definition) is 3. The lowest BCUT2D eigenvalue weighted by Crippen LogP contribution is -2.36. The van der Waals surface area contributed by atoms with E-state index in [4.69, 9.17) is 5.11 Å². The summed E-state index contributed by atoms with van der Waals surface area (Å²) in [4.78, 5) is 37.1. The molecule has 0 aromatic carbocycles. The van der Waals surface area contributed by atoms with Crippen LogP contribution in [0.2, 0.25) is 0 Å². The van der Waals surface area contributed by atoms with Crippen LogP contribution in [0, 0.1) is 17.3 Å². The normalized spacial score (nSPS) is 26.9. The molecule has 1 saturated carbocycles. The van der Waals surface area contributed by atoms with Gasteiger partial charge >= 0.3 is 5.97 Å². The maximum atomic E-state index is 12.1. The summed E-state index contributed by atoms with van der Waals surface area (Å²) in [7, 11) is 0. The first-order valence-corrected chi connectivity index (χ1v) is 8.14. The maximum absolute atomic E-state index is 12.1. The van der Waals surface area contributed by atoms with E-state index in [0.717, 1.165) is 25.9 Å². The van der Waals surface area contributed by atoms with Gasteiger partial charge in [0.15, 0.2) is 0 Å². The lowest BCUT2D eigenvalue weighted by atomic mass is 10.1. The SMILES string of the molecule is CC1(C)[C@H](C(=O)O)[C@@H]1C(=O)NCCC(=O)N1CCCCCC1. The molecule has 1 saturated heterocycles. The number of nitrogens with one attached hydrogen (secondary N) is 1. The molecule has 124 valence electrons. The van der Waals surface area contributed by atoms with Crippen molar-refractivity contribution in [2.45, 2.75) is 46.0 Å². The third-order valence-corrected chi connectivity index (χ3v) is 4.97. The number of rotatable bonds is 5. The molecule has 0 spiro atoms. The van der Waals surface area contributed by atoms with Crippen LogP contribution in [0.1, 0.15) is 46.0 Å². The predicted octanol–water partition coefficient (Wildman–Crippen LogP) is 1.25. The molecule has 0 radical (unpaired) electrons. The highest BCUT2D eigenvalue weighted by Gasteiger charge is 2.65. The van der Waals surface area contributed by atoms with Crippen molar-refractivity contribution in [3.8, 4) is 0 Å². The van der Waals surface area contributed by atoms with Crippen molar-refractivity contribution in [1.29, 1.82) is 0 Å². The van der Waals surface area contributed by atoms with Crippen molar-refractivity contribution in [1.82, 2.24) is 10.2 Å². The van der Waals surface area contributed by atoms with E-state index in [0.29, 0.717) is 0 Å². The number of carboxylic acid groups (broad SMARTS) is 1. The Bertz CT molecular complexity index is 453. The smallest absolute Gasteiger partial charge is 0.307 e. The van der Waals surface area contributed by atoms with Gasteiger partial charge in [-0.2, -0.15) is 0 Å². The largest absolute Gasteiger partial charge is 0.481 e. The van der Waals surface area contributed by atoms with Gasteiger partial charge in [-0.15, -0.1) is 0 Å². The Hall–Kier alpha value is -1.59. The number of likely N-dealkylation sites (tertiary alicyclic amines) is 1. The van der Waals surface area contributed by atoms with Crippen molar-refractivity contribution in [3.63, 3.8) is 0 Å². The van der Waals surface area contributed by atoms with Crippen molar-refractivity contribution in [3.05, 3.63) is 0 Å². The van der Waals surface area contributed by atoms with Crippen LogP contribution in [0.15, 0.2) is 0 Å². The van der Waals surface area contributed by atoms with Crippen molar-refractivity contribution < 1.29 is 19.5 Å². The summed E-state index contributed by atoms with van der Waals surface area (Å²) in [5.74, 6) is -2.20. The minimum Gasteiger partial charge on any atom is -0.481 e. The Kier molecular flexibility index (Phi) is 5.08.